The van der Waals surface area contributed by atoms with Gasteiger partial charge in [0.05, 0.1) is 16.8 Å². The molecule has 21 heavy (non-hydrogen) atoms. The fourth-order valence-corrected chi connectivity index (χ4v) is 2.20. The maximum Gasteiger partial charge on any atom is 0.153 e. The van der Waals surface area contributed by atoms with Crippen molar-refractivity contribution in [2.45, 2.75) is 59.5 Å². The lowest BCUT2D eigenvalue weighted by Gasteiger charge is -2.18. The van der Waals surface area contributed by atoms with Gasteiger partial charge in [-0.3, -0.25) is 14.2 Å². The first-order valence-corrected chi connectivity index (χ1v) is 7.46. The molecular formula is C16H24N4O. The van der Waals surface area contributed by atoms with Crippen LogP contribution in [0.1, 0.15) is 56.6 Å². The molecule has 0 aliphatic rings. The molecule has 2 aromatic heterocycles. The third-order valence-corrected chi connectivity index (χ3v) is 3.50. The number of hydrogen-bond donors (Lipinski definition) is 0. The minimum Gasteiger partial charge on any atom is -0.298 e. The normalized spacial score (nSPS) is 11.9. The first-order chi connectivity index (χ1) is 9.86. The number of nitrogens with zero attached hydrogens (tertiary/aromatic N) is 4. The summed E-state index contributed by atoms with van der Waals surface area (Å²) in [7, 11) is 0. The van der Waals surface area contributed by atoms with Crippen LogP contribution in [0, 0.1) is 6.92 Å². The van der Waals surface area contributed by atoms with Crippen LogP contribution in [0.4, 0.5) is 0 Å². The van der Waals surface area contributed by atoms with Crippen LogP contribution in [-0.2, 0) is 12.1 Å². The Morgan fingerprint density at radius 2 is 1.95 bits per heavy atom. The van der Waals surface area contributed by atoms with Crippen molar-refractivity contribution >= 4 is 6.29 Å². The fraction of sp³-hybridized carbons (Fsp3) is 0.562. The van der Waals surface area contributed by atoms with Gasteiger partial charge in [0, 0.05) is 24.5 Å². The SMILES string of the molecule is CCCCn1cc(C=O)c(-c2cn(C(C)(C)C)nc2C)n1. The highest BCUT2D eigenvalue weighted by atomic mass is 16.1. The summed E-state index contributed by atoms with van der Waals surface area (Å²) in [6.45, 7) is 11.2. The van der Waals surface area contributed by atoms with Gasteiger partial charge < -0.3 is 0 Å². The average Bonchev–Trinajstić information content (AvgIpc) is 2.98. The number of aldehydes is 1. The largest absolute Gasteiger partial charge is 0.298 e. The van der Waals surface area contributed by atoms with E-state index >= 15 is 0 Å². The van der Waals surface area contributed by atoms with Crippen molar-refractivity contribution < 1.29 is 4.79 Å². The van der Waals surface area contributed by atoms with Crippen LogP contribution in [0.3, 0.4) is 0 Å². The Kier molecular flexibility index (Phi) is 4.30. The van der Waals surface area contributed by atoms with Gasteiger partial charge in [-0.15, -0.1) is 0 Å². The van der Waals surface area contributed by atoms with E-state index in [0.717, 1.165) is 42.6 Å². The van der Waals surface area contributed by atoms with Gasteiger partial charge in [-0.1, -0.05) is 13.3 Å². The quantitative estimate of drug-likeness (QED) is 0.792. The lowest BCUT2D eigenvalue weighted by molar-refractivity contribution is 0.112. The molecule has 0 amide bonds. The molecule has 0 saturated heterocycles. The molecule has 0 fully saturated rings. The van der Waals surface area contributed by atoms with E-state index in [9.17, 15) is 4.79 Å². The fourth-order valence-electron chi connectivity index (χ4n) is 2.20. The van der Waals surface area contributed by atoms with Crippen LogP contribution in [-0.4, -0.2) is 25.8 Å². The molecule has 114 valence electrons. The summed E-state index contributed by atoms with van der Waals surface area (Å²) < 4.78 is 3.79. The summed E-state index contributed by atoms with van der Waals surface area (Å²) in [5.41, 5.74) is 3.10. The van der Waals surface area contributed by atoms with Crippen molar-refractivity contribution in [3.05, 3.63) is 23.7 Å². The minimum atomic E-state index is -0.0882. The van der Waals surface area contributed by atoms with Gasteiger partial charge in [-0.2, -0.15) is 10.2 Å². The zero-order valence-electron chi connectivity index (χ0n) is 13.6. The number of carbonyl (C=O) groups excluding carboxylic acids is 1. The molecule has 0 radical (unpaired) electrons. The Morgan fingerprint density at radius 3 is 2.48 bits per heavy atom. The van der Waals surface area contributed by atoms with E-state index in [0.29, 0.717) is 5.56 Å². The predicted molar refractivity (Wildman–Crippen MR) is 83.5 cm³/mol. The van der Waals surface area contributed by atoms with Crippen LogP contribution in [0.25, 0.3) is 11.3 Å². The van der Waals surface area contributed by atoms with Crippen molar-refractivity contribution in [3.8, 4) is 11.3 Å². The van der Waals surface area contributed by atoms with E-state index in [1.807, 2.05) is 28.7 Å². The van der Waals surface area contributed by atoms with Gasteiger partial charge in [0.2, 0.25) is 0 Å². The van der Waals surface area contributed by atoms with Gasteiger partial charge in [0.25, 0.3) is 0 Å². The molecule has 0 saturated carbocycles. The van der Waals surface area contributed by atoms with E-state index in [2.05, 4.69) is 37.9 Å². The van der Waals surface area contributed by atoms with Gasteiger partial charge in [-0.05, 0) is 34.1 Å². The van der Waals surface area contributed by atoms with E-state index in [-0.39, 0.29) is 5.54 Å². The molecule has 0 N–H and O–H groups in total. The van der Waals surface area contributed by atoms with Gasteiger partial charge in [0.1, 0.15) is 5.69 Å². The molecule has 2 aromatic rings. The second-order valence-corrected chi connectivity index (χ2v) is 6.41. The van der Waals surface area contributed by atoms with Gasteiger partial charge in [0.15, 0.2) is 6.29 Å². The van der Waals surface area contributed by atoms with E-state index in [1.165, 1.54) is 0 Å². The average molecular weight is 288 g/mol. The number of hydrogen-bond acceptors (Lipinski definition) is 3. The van der Waals surface area contributed by atoms with E-state index in [4.69, 9.17) is 0 Å². The zero-order chi connectivity index (χ0) is 15.6. The zero-order valence-corrected chi connectivity index (χ0v) is 13.6. The minimum absolute atomic E-state index is 0.0882. The number of rotatable bonds is 5. The summed E-state index contributed by atoms with van der Waals surface area (Å²) >= 11 is 0. The molecule has 2 heterocycles. The smallest absolute Gasteiger partial charge is 0.153 e. The Morgan fingerprint density at radius 1 is 1.24 bits per heavy atom. The van der Waals surface area contributed by atoms with Gasteiger partial charge in [-0.25, -0.2) is 0 Å². The molecule has 0 aliphatic heterocycles. The second kappa shape index (κ2) is 5.84. The lowest BCUT2D eigenvalue weighted by Crippen LogP contribution is -2.22. The molecule has 5 nitrogen and oxygen atoms in total. The summed E-state index contributed by atoms with van der Waals surface area (Å²) in [4.78, 5) is 11.3. The number of carbonyl (C=O) groups is 1. The standard InChI is InChI=1S/C16H24N4O/c1-6-7-8-19-9-13(11-21)15(18-19)14-10-20(16(3,4)5)17-12(14)2/h9-11H,6-8H2,1-5H3. The molecule has 5 heteroatoms. The third-order valence-electron chi connectivity index (χ3n) is 3.50. The maximum atomic E-state index is 11.3. The van der Waals surface area contributed by atoms with E-state index < -0.39 is 0 Å². The van der Waals surface area contributed by atoms with Crippen LogP contribution in [0.5, 0.6) is 0 Å². The third kappa shape index (κ3) is 3.23. The van der Waals surface area contributed by atoms with Gasteiger partial charge >= 0.3 is 0 Å². The van der Waals surface area contributed by atoms with Crippen LogP contribution < -0.4 is 0 Å². The van der Waals surface area contributed by atoms with Crippen LogP contribution in [0.15, 0.2) is 12.4 Å². The molecule has 2 rings (SSSR count). The van der Waals surface area contributed by atoms with Crippen molar-refractivity contribution in [2.75, 3.05) is 0 Å². The predicted octanol–water partition coefficient (Wildman–Crippen LogP) is 3.42. The Bertz CT molecular complexity index is 631. The summed E-state index contributed by atoms with van der Waals surface area (Å²) in [5, 5.41) is 9.13. The molecule has 0 bridgehead atoms. The number of aromatic nitrogens is 4. The summed E-state index contributed by atoms with van der Waals surface area (Å²) in [6, 6.07) is 0. The highest BCUT2D eigenvalue weighted by Crippen LogP contribution is 2.26. The van der Waals surface area contributed by atoms with Crippen molar-refractivity contribution in [1.82, 2.24) is 19.6 Å². The topological polar surface area (TPSA) is 52.7 Å². The first-order valence-electron chi connectivity index (χ1n) is 7.46. The van der Waals surface area contributed by atoms with Crippen LogP contribution >= 0.6 is 0 Å². The monoisotopic (exact) mass is 288 g/mol. The molecule has 0 atom stereocenters. The molecule has 0 unspecified atom stereocenters. The molecule has 0 aromatic carbocycles. The Labute approximate surface area is 126 Å². The maximum absolute atomic E-state index is 11.3. The second-order valence-electron chi connectivity index (χ2n) is 6.41. The summed E-state index contributed by atoms with van der Waals surface area (Å²) in [6.07, 6.45) is 6.84. The lowest BCUT2D eigenvalue weighted by atomic mass is 10.1. The molecule has 0 spiro atoms. The van der Waals surface area contributed by atoms with Crippen LogP contribution in [0.2, 0.25) is 0 Å². The highest BCUT2D eigenvalue weighted by Gasteiger charge is 2.20. The first kappa shape index (κ1) is 15.5. The van der Waals surface area contributed by atoms with Crippen molar-refractivity contribution in [1.29, 1.82) is 0 Å². The van der Waals surface area contributed by atoms with Crippen molar-refractivity contribution in [2.24, 2.45) is 0 Å². The molecule has 0 aliphatic carbocycles. The number of unbranched alkanes of at least 4 members (excludes halogenated alkanes) is 1. The van der Waals surface area contributed by atoms with E-state index in [1.54, 1.807) is 0 Å². The molecular weight excluding hydrogens is 264 g/mol. The van der Waals surface area contributed by atoms with Crippen molar-refractivity contribution in [3.63, 3.8) is 0 Å². The summed E-state index contributed by atoms with van der Waals surface area (Å²) in [5.74, 6) is 0. The Balaban J connectivity index is 2.43. The highest BCUT2D eigenvalue weighted by molar-refractivity contribution is 5.85. The Hall–Kier alpha value is -1.91. The number of aryl methyl sites for hydroxylation is 2.